The van der Waals surface area contributed by atoms with E-state index in [1.807, 2.05) is 35.2 Å². The number of amides is 1. The summed E-state index contributed by atoms with van der Waals surface area (Å²) in [5.41, 5.74) is 2.15. The third-order valence-corrected chi connectivity index (χ3v) is 5.31. The average Bonchev–Trinajstić information content (AvgIpc) is 2.72. The first-order chi connectivity index (χ1) is 13.0. The van der Waals surface area contributed by atoms with Crippen molar-refractivity contribution < 1.29 is 19.8 Å². The quantitative estimate of drug-likeness (QED) is 0.821. The van der Waals surface area contributed by atoms with Crippen LogP contribution in [0.5, 0.6) is 0 Å². The van der Waals surface area contributed by atoms with Gasteiger partial charge in [0.1, 0.15) is 0 Å². The molecule has 0 bridgehead atoms. The molecule has 1 aliphatic heterocycles. The zero-order valence-electron chi connectivity index (χ0n) is 15.3. The Morgan fingerprint density at radius 1 is 1.00 bits per heavy atom. The first-order valence-electron chi connectivity index (χ1n) is 9.37. The molecule has 142 valence electrons. The lowest BCUT2D eigenvalue weighted by Gasteiger charge is -2.34. The topological polar surface area (TPSA) is 77.8 Å². The molecule has 0 aliphatic carbocycles. The molecule has 1 heterocycles. The number of piperidine rings is 1. The van der Waals surface area contributed by atoms with E-state index in [0.717, 1.165) is 24.0 Å². The molecule has 2 aromatic rings. The average molecular weight is 367 g/mol. The van der Waals surface area contributed by atoms with Gasteiger partial charge in [-0.15, -0.1) is 0 Å². The second-order valence-corrected chi connectivity index (χ2v) is 7.08. The molecule has 5 heteroatoms. The van der Waals surface area contributed by atoms with E-state index in [2.05, 4.69) is 0 Å². The maximum absolute atomic E-state index is 12.5. The van der Waals surface area contributed by atoms with Crippen LogP contribution in [-0.4, -0.2) is 40.1 Å². The van der Waals surface area contributed by atoms with Gasteiger partial charge in [-0.1, -0.05) is 42.5 Å². The predicted molar refractivity (Wildman–Crippen MR) is 102 cm³/mol. The number of nitrogens with zero attached hydrogens (tertiary/aromatic N) is 1. The highest BCUT2D eigenvalue weighted by Crippen LogP contribution is 2.30. The number of aliphatic hydroxyl groups excluding tert-OH is 1. The fourth-order valence-electron chi connectivity index (χ4n) is 3.61. The summed E-state index contributed by atoms with van der Waals surface area (Å²) in [4.78, 5) is 25.2. The van der Waals surface area contributed by atoms with Crippen LogP contribution in [0.25, 0.3) is 0 Å². The van der Waals surface area contributed by atoms with Gasteiger partial charge in [0.05, 0.1) is 11.7 Å². The van der Waals surface area contributed by atoms with Crippen molar-refractivity contribution >= 4 is 11.9 Å². The smallest absolute Gasteiger partial charge is 0.335 e. The maximum atomic E-state index is 12.5. The normalized spacial score (nSPS) is 16.1. The molecule has 1 fully saturated rings. The summed E-state index contributed by atoms with van der Waals surface area (Å²) in [5.74, 6) is -0.650. The predicted octanol–water partition coefficient (Wildman–Crippen LogP) is 3.29. The molecule has 1 atom stereocenters. The van der Waals surface area contributed by atoms with Crippen LogP contribution >= 0.6 is 0 Å². The monoisotopic (exact) mass is 367 g/mol. The van der Waals surface area contributed by atoms with Crippen LogP contribution in [0, 0.1) is 5.92 Å². The molecule has 1 unspecified atom stereocenters. The molecular weight excluding hydrogens is 342 g/mol. The van der Waals surface area contributed by atoms with E-state index < -0.39 is 12.1 Å². The van der Waals surface area contributed by atoms with Crippen LogP contribution < -0.4 is 0 Å². The standard InChI is InChI=1S/C22H25NO4/c24-20(11-8-16-6-9-19(10-7-16)22(26)27)23-14-12-18(13-15-23)21(25)17-4-2-1-3-5-17/h1-7,9-10,18,21,25H,8,11-15H2,(H,26,27). The highest BCUT2D eigenvalue weighted by Gasteiger charge is 2.27. The number of carboxylic acid groups (broad SMARTS) is 1. The second-order valence-electron chi connectivity index (χ2n) is 7.08. The van der Waals surface area contributed by atoms with Crippen LogP contribution in [0.2, 0.25) is 0 Å². The Morgan fingerprint density at radius 2 is 1.63 bits per heavy atom. The van der Waals surface area contributed by atoms with Crippen LogP contribution in [-0.2, 0) is 11.2 Å². The number of aromatic carboxylic acids is 1. The molecule has 0 spiro atoms. The Hall–Kier alpha value is -2.66. The number of aryl methyl sites for hydroxylation is 1. The molecule has 0 radical (unpaired) electrons. The van der Waals surface area contributed by atoms with Gasteiger partial charge in [-0.25, -0.2) is 4.79 Å². The molecule has 0 aromatic heterocycles. The van der Waals surface area contributed by atoms with Crippen molar-refractivity contribution in [3.05, 3.63) is 71.3 Å². The first kappa shape index (κ1) is 19.1. The summed E-state index contributed by atoms with van der Waals surface area (Å²) >= 11 is 0. The highest BCUT2D eigenvalue weighted by molar-refractivity contribution is 5.87. The third-order valence-electron chi connectivity index (χ3n) is 5.31. The van der Waals surface area contributed by atoms with E-state index in [1.54, 1.807) is 24.3 Å². The van der Waals surface area contributed by atoms with E-state index in [9.17, 15) is 14.7 Å². The minimum Gasteiger partial charge on any atom is -0.478 e. The molecule has 0 saturated carbocycles. The fourth-order valence-corrected chi connectivity index (χ4v) is 3.61. The number of benzene rings is 2. The van der Waals surface area contributed by atoms with Crippen molar-refractivity contribution in [2.75, 3.05) is 13.1 Å². The molecule has 1 amide bonds. The largest absolute Gasteiger partial charge is 0.478 e. The van der Waals surface area contributed by atoms with Crippen molar-refractivity contribution in [2.45, 2.75) is 31.8 Å². The van der Waals surface area contributed by atoms with Crippen LogP contribution in [0.1, 0.15) is 46.9 Å². The zero-order chi connectivity index (χ0) is 19.2. The van der Waals surface area contributed by atoms with Gasteiger partial charge < -0.3 is 15.1 Å². The molecule has 1 aliphatic rings. The van der Waals surface area contributed by atoms with Crippen molar-refractivity contribution in [3.63, 3.8) is 0 Å². The number of carbonyl (C=O) groups excluding carboxylic acids is 1. The number of carboxylic acids is 1. The first-order valence-corrected chi connectivity index (χ1v) is 9.37. The van der Waals surface area contributed by atoms with Gasteiger partial charge in [-0.2, -0.15) is 0 Å². The maximum Gasteiger partial charge on any atom is 0.335 e. The fraction of sp³-hybridized carbons (Fsp3) is 0.364. The van der Waals surface area contributed by atoms with Crippen molar-refractivity contribution in [3.8, 4) is 0 Å². The molecular formula is C22H25NO4. The van der Waals surface area contributed by atoms with Gasteiger partial charge in [-0.3, -0.25) is 4.79 Å². The van der Waals surface area contributed by atoms with Gasteiger partial charge in [0, 0.05) is 19.5 Å². The Labute approximate surface area is 159 Å². The summed E-state index contributed by atoms with van der Waals surface area (Å²) in [7, 11) is 0. The number of rotatable bonds is 6. The summed E-state index contributed by atoms with van der Waals surface area (Å²) in [6.45, 7) is 1.34. The minimum absolute atomic E-state index is 0.116. The SMILES string of the molecule is O=C(O)c1ccc(CCC(=O)N2CCC(C(O)c3ccccc3)CC2)cc1. The number of likely N-dealkylation sites (tertiary alicyclic amines) is 1. The van der Waals surface area contributed by atoms with Crippen molar-refractivity contribution in [1.29, 1.82) is 0 Å². The van der Waals surface area contributed by atoms with E-state index >= 15 is 0 Å². The lowest BCUT2D eigenvalue weighted by atomic mass is 9.87. The van der Waals surface area contributed by atoms with E-state index in [-0.39, 0.29) is 17.4 Å². The van der Waals surface area contributed by atoms with Crippen LogP contribution in [0.4, 0.5) is 0 Å². The van der Waals surface area contributed by atoms with Gasteiger partial charge in [0.25, 0.3) is 0 Å². The Kier molecular flexibility index (Phi) is 6.24. The lowest BCUT2D eigenvalue weighted by molar-refractivity contribution is -0.133. The second kappa shape index (κ2) is 8.82. The number of hydrogen-bond donors (Lipinski definition) is 2. The van der Waals surface area contributed by atoms with E-state index in [1.165, 1.54) is 0 Å². The summed E-state index contributed by atoms with van der Waals surface area (Å²) < 4.78 is 0. The van der Waals surface area contributed by atoms with Crippen molar-refractivity contribution in [1.82, 2.24) is 4.90 Å². The number of carbonyl (C=O) groups is 2. The van der Waals surface area contributed by atoms with Gasteiger partial charge >= 0.3 is 5.97 Å². The Morgan fingerprint density at radius 3 is 2.22 bits per heavy atom. The van der Waals surface area contributed by atoms with Crippen LogP contribution in [0.3, 0.4) is 0 Å². The summed E-state index contributed by atoms with van der Waals surface area (Å²) in [5, 5.41) is 19.5. The summed E-state index contributed by atoms with van der Waals surface area (Å²) in [6, 6.07) is 16.3. The summed E-state index contributed by atoms with van der Waals surface area (Å²) in [6.07, 6.45) is 2.14. The molecule has 2 aromatic carbocycles. The molecule has 3 rings (SSSR count). The van der Waals surface area contributed by atoms with Gasteiger partial charge in [0.15, 0.2) is 0 Å². The molecule has 2 N–H and O–H groups in total. The third kappa shape index (κ3) is 4.95. The Bertz CT molecular complexity index is 765. The minimum atomic E-state index is -0.946. The van der Waals surface area contributed by atoms with Gasteiger partial charge in [0.2, 0.25) is 5.91 Å². The highest BCUT2D eigenvalue weighted by atomic mass is 16.4. The lowest BCUT2D eigenvalue weighted by Crippen LogP contribution is -2.39. The van der Waals surface area contributed by atoms with E-state index in [4.69, 9.17) is 5.11 Å². The molecule has 5 nitrogen and oxygen atoms in total. The molecule has 1 saturated heterocycles. The molecule has 27 heavy (non-hydrogen) atoms. The zero-order valence-corrected chi connectivity index (χ0v) is 15.3. The van der Waals surface area contributed by atoms with Crippen LogP contribution in [0.15, 0.2) is 54.6 Å². The van der Waals surface area contributed by atoms with E-state index in [0.29, 0.717) is 25.9 Å². The van der Waals surface area contributed by atoms with Crippen molar-refractivity contribution in [2.24, 2.45) is 5.92 Å². The Balaban J connectivity index is 1.46. The number of aliphatic hydroxyl groups is 1. The van der Waals surface area contributed by atoms with Gasteiger partial charge in [-0.05, 0) is 48.4 Å². The number of hydrogen-bond acceptors (Lipinski definition) is 3.